The lowest BCUT2D eigenvalue weighted by molar-refractivity contribution is 0.0842. The fraction of sp³-hybridized carbons (Fsp3) is 0.478. The molecule has 1 amide bonds. The Hall–Kier alpha value is -2.44. The average Bonchev–Trinajstić information content (AvgIpc) is 2.69. The Morgan fingerprint density at radius 1 is 1.24 bits per heavy atom. The molecule has 1 aliphatic heterocycles. The van der Waals surface area contributed by atoms with E-state index in [-0.39, 0.29) is 19.9 Å². The van der Waals surface area contributed by atoms with E-state index < -0.39 is 6.10 Å². The molecule has 0 spiro atoms. The van der Waals surface area contributed by atoms with E-state index in [1.54, 1.807) is 18.3 Å². The number of pyridine rings is 1. The van der Waals surface area contributed by atoms with Crippen molar-refractivity contribution in [2.75, 3.05) is 25.0 Å². The third-order valence-corrected chi connectivity index (χ3v) is 5.66. The zero-order chi connectivity index (χ0) is 19.3. The van der Waals surface area contributed by atoms with Gasteiger partial charge in [-0.1, -0.05) is 31.7 Å². The molecule has 1 atom stereocenters. The third-order valence-electron chi connectivity index (χ3n) is 5.66. The van der Waals surface area contributed by atoms with Gasteiger partial charge in [0.1, 0.15) is 5.82 Å². The smallest absolute Gasteiger partial charge is 0.251 e. The van der Waals surface area contributed by atoms with Crippen molar-refractivity contribution in [3.63, 3.8) is 0 Å². The maximum Gasteiger partial charge on any atom is 0.251 e. The molecule has 6 heteroatoms. The van der Waals surface area contributed by atoms with Gasteiger partial charge in [-0.15, -0.1) is 0 Å². The highest BCUT2D eigenvalue weighted by Crippen LogP contribution is 2.22. The van der Waals surface area contributed by atoms with Crippen LogP contribution < -0.4 is 10.6 Å². The van der Waals surface area contributed by atoms with Crippen molar-refractivity contribution < 1.29 is 9.90 Å². The Bertz CT molecular complexity index is 822. The first-order chi connectivity index (χ1) is 13.7. The summed E-state index contributed by atoms with van der Waals surface area (Å²) in [5.41, 5.74) is 3.29. The molecule has 2 aliphatic rings. The topological polar surface area (TPSA) is 77.5 Å². The fourth-order valence-electron chi connectivity index (χ4n) is 3.80. The zero-order valence-electron chi connectivity index (χ0n) is 16.1. The van der Waals surface area contributed by atoms with E-state index in [1.165, 1.54) is 17.5 Å². The van der Waals surface area contributed by atoms with Gasteiger partial charge in [-0.25, -0.2) is 4.98 Å². The number of benzene rings is 1. The average molecular weight is 397 g/mol. The normalized spacial score (nSPS) is 17.4. The minimum atomic E-state index is -0.594. The highest BCUT2D eigenvalue weighted by Gasteiger charge is 2.20. The Kier molecular flexibility index (Phi) is 7.23. The number of hydrogen-bond acceptors (Lipinski definition) is 5. The van der Waals surface area contributed by atoms with E-state index in [2.05, 4.69) is 44.8 Å². The molecule has 1 aromatic carbocycles. The zero-order valence-corrected chi connectivity index (χ0v) is 16.1. The molecule has 0 unspecified atom stereocenters. The molecule has 0 saturated heterocycles. The van der Waals surface area contributed by atoms with Gasteiger partial charge in [0.2, 0.25) is 0 Å². The lowest BCUT2D eigenvalue weighted by Crippen LogP contribution is -2.42. The first kappa shape index (κ1) is 21.3. The molecule has 3 N–H and O–H groups in total. The number of β-amino-alcohol motifs (C(OH)–C–C–N with tert-alkyl or cyclic N) is 1. The van der Waals surface area contributed by atoms with Gasteiger partial charge in [-0.2, -0.15) is 0 Å². The van der Waals surface area contributed by atoms with Crippen LogP contribution in [0.15, 0.2) is 42.6 Å². The second-order valence-electron chi connectivity index (χ2n) is 7.82. The van der Waals surface area contributed by atoms with Crippen LogP contribution in [0.3, 0.4) is 0 Å². The maximum absolute atomic E-state index is 12.4. The summed E-state index contributed by atoms with van der Waals surface area (Å²) in [6.07, 6.45) is 5.62. The number of amides is 1. The Morgan fingerprint density at radius 2 is 2.03 bits per heavy atom. The largest absolute Gasteiger partial charge is 0.390 e. The third kappa shape index (κ3) is 5.55. The second-order valence-corrected chi connectivity index (χ2v) is 7.82. The molecular weight excluding hydrogens is 364 g/mol. The summed E-state index contributed by atoms with van der Waals surface area (Å²) >= 11 is 0. The van der Waals surface area contributed by atoms with Crippen LogP contribution in [0.4, 0.5) is 5.82 Å². The predicted molar refractivity (Wildman–Crippen MR) is 116 cm³/mol. The monoisotopic (exact) mass is 396 g/mol. The minimum Gasteiger partial charge on any atom is -0.390 e. The summed E-state index contributed by atoms with van der Waals surface area (Å²) in [7, 11) is 0. The Morgan fingerprint density at radius 3 is 2.79 bits per heavy atom. The number of carbonyl (C=O) groups is 1. The van der Waals surface area contributed by atoms with E-state index in [1.807, 2.05) is 0 Å². The number of nitrogens with zero attached hydrogens (tertiary/aromatic N) is 2. The number of anilines is 1. The van der Waals surface area contributed by atoms with E-state index in [0.717, 1.165) is 38.2 Å². The summed E-state index contributed by atoms with van der Waals surface area (Å²) in [6.45, 7) is 2.58. The van der Waals surface area contributed by atoms with Gasteiger partial charge in [-0.05, 0) is 48.9 Å². The molecule has 1 aromatic heterocycles. The molecule has 2 aromatic rings. The molecular formula is C23H32N4O2. The number of fused-ring (bicyclic) bond motifs is 1. The summed E-state index contributed by atoms with van der Waals surface area (Å²) < 4.78 is 0. The molecule has 0 radical (unpaired) electrons. The molecule has 29 heavy (non-hydrogen) atoms. The van der Waals surface area contributed by atoms with Crippen LogP contribution in [0.25, 0.3) is 0 Å². The lowest BCUT2D eigenvalue weighted by atomic mass is 9.93. The lowest BCUT2D eigenvalue weighted by Gasteiger charge is -2.30. The van der Waals surface area contributed by atoms with Crippen molar-refractivity contribution in [2.24, 2.45) is 0 Å². The van der Waals surface area contributed by atoms with Gasteiger partial charge >= 0.3 is 0 Å². The van der Waals surface area contributed by atoms with E-state index in [9.17, 15) is 9.90 Å². The van der Waals surface area contributed by atoms with Crippen LogP contribution in [-0.4, -0.2) is 52.7 Å². The number of aliphatic hydroxyl groups is 1. The van der Waals surface area contributed by atoms with E-state index >= 15 is 0 Å². The summed E-state index contributed by atoms with van der Waals surface area (Å²) in [6, 6.07) is 12.4. The van der Waals surface area contributed by atoms with Crippen molar-refractivity contribution in [2.45, 2.75) is 51.8 Å². The molecule has 2 heterocycles. The van der Waals surface area contributed by atoms with E-state index in [0.29, 0.717) is 18.2 Å². The number of rotatable bonds is 7. The van der Waals surface area contributed by atoms with Crippen molar-refractivity contribution in [3.8, 4) is 0 Å². The summed E-state index contributed by atoms with van der Waals surface area (Å²) in [4.78, 5) is 19.0. The van der Waals surface area contributed by atoms with Gasteiger partial charge in [0, 0.05) is 44.0 Å². The maximum atomic E-state index is 12.4. The predicted octanol–water partition coefficient (Wildman–Crippen LogP) is 2.83. The van der Waals surface area contributed by atoms with Gasteiger partial charge in [0.25, 0.3) is 5.91 Å². The molecule has 4 rings (SSSR count). The minimum absolute atomic E-state index is 0. The summed E-state index contributed by atoms with van der Waals surface area (Å²) in [5, 5.41) is 16.6. The van der Waals surface area contributed by atoms with E-state index in [4.69, 9.17) is 0 Å². The van der Waals surface area contributed by atoms with Crippen molar-refractivity contribution in [1.29, 1.82) is 0 Å². The highest BCUT2D eigenvalue weighted by atomic mass is 16.3. The first-order valence-corrected chi connectivity index (χ1v) is 10.2. The van der Waals surface area contributed by atoms with Crippen LogP contribution in [-0.2, 0) is 13.0 Å². The standard InChI is InChI=1S/C22H28N4O2.CH4/c27-20(15-26-11-9-16-4-1-2-5-18(16)14-26)13-24-22(28)17-8-10-23-21(12-17)25-19-6-3-7-19;/h1-2,4-5,8,10,12,19-20,27H,3,6-7,9,11,13-15H2,(H,23,25)(H,24,28);1H4/t20-;/m0./s1. The highest BCUT2D eigenvalue weighted by molar-refractivity contribution is 5.94. The number of nitrogens with one attached hydrogen (secondary N) is 2. The van der Waals surface area contributed by atoms with Crippen LogP contribution >= 0.6 is 0 Å². The molecule has 1 saturated carbocycles. The quantitative estimate of drug-likeness (QED) is 0.671. The molecule has 6 nitrogen and oxygen atoms in total. The second kappa shape index (κ2) is 9.85. The van der Waals surface area contributed by atoms with Crippen LogP contribution in [0.5, 0.6) is 0 Å². The molecule has 156 valence electrons. The fourth-order valence-corrected chi connectivity index (χ4v) is 3.80. The first-order valence-electron chi connectivity index (χ1n) is 10.2. The van der Waals surface area contributed by atoms with Crippen LogP contribution in [0.2, 0.25) is 0 Å². The Labute approximate surface area is 173 Å². The van der Waals surface area contributed by atoms with Crippen LogP contribution in [0, 0.1) is 0 Å². The van der Waals surface area contributed by atoms with Crippen molar-refractivity contribution in [1.82, 2.24) is 15.2 Å². The SMILES string of the molecule is C.O=C(NC[C@H](O)CN1CCc2ccccc2C1)c1ccnc(NC2CCC2)c1. The number of aliphatic hydroxyl groups excluding tert-OH is 1. The molecule has 0 bridgehead atoms. The van der Waals surface area contributed by atoms with Crippen molar-refractivity contribution >= 4 is 11.7 Å². The van der Waals surface area contributed by atoms with Gasteiger partial charge in [-0.3, -0.25) is 9.69 Å². The Balaban J connectivity index is 0.00000240. The van der Waals surface area contributed by atoms with Gasteiger partial charge in [0.05, 0.1) is 6.10 Å². The number of carbonyl (C=O) groups excluding carboxylic acids is 1. The molecule has 1 fully saturated rings. The molecule has 1 aliphatic carbocycles. The van der Waals surface area contributed by atoms with Gasteiger partial charge < -0.3 is 15.7 Å². The van der Waals surface area contributed by atoms with Crippen molar-refractivity contribution in [3.05, 3.63) is 59.3 Å². The number of aromatic nitrogens is 1. The van der Waals surface area contributed by atoms with Crippen LogP contribution in [0.1, 0.15) is 48.2 Å². The van der Waals surface area contributed by atoms with Gasteiger partial charge in [0.15, 0.2) is 0 Å². The number of hydrogen-bond donors (Lipinski definition) is 3. The summed E-state index contributed by atoms with van der Waals surface area (Å²) in [5.74, 6) is 0.562.